The number of ether oxygens (including phenoxy) is 1. The first-order valence-electron chi connectivity index (χ1n) is 10.7. The summed E-state index contributed by atoms with van der Waals surface area (Å²) in [6.45, 7) is 2.77. The molecule has 2 N–H and O–H groups in total. The average molecular weight is 439 g/mol. The molecule has 0 spiro atoms. The molecule has 9 heteroatoms. The van der Waals surface area contributed by atoms with Crippen LogP contribution in [0.1, 0.15) is 30.6 Å². The van der Waals surface area contributed by atoms with Crippen molar-refractivity contribution in [2.45, 2.75) is 26.3 Å². The minimum atomic E-state index is -1.10. The summed E-state index contributed by atoms with van der Waals surface area (Å²) in [4.78, 5) is 63.9. The summed E-state index contributed by atoms with van der Waals surface area (Å²) in [6.07, 6.45) is 4.76. The second-order valence-electron chi connectivity index (χ2n) is 8.71. The Hall–Kier alpha value is -3.49. The van der Waals surface area contributed by atoms with Crippen molar-refractivity contribution in [3.63, 3.8) is 0 Å². The van der Waals surface area contributed by atoms with Crippen molar-refractivity contribution in [2.24, 2.45) is 29.6 Å². The number of nitrogens with one attached hydrogen (secondary N) is 2. The molecule has 2 fully saturated rings. The molecule has 1 saturated carbocycles. The smallest absolute Gasteiger partial charge is 0.330 e. The van der Waals surface area contributed by atoms with Gasteiger partial charge in [0.15, 0.2) is 6.61 Å². The van der Waals surface area contributed by atoms with Gasteiger partial charge in [-0.15, -0.1) is 0 Å². The van der Waals surface area contributed by atoms with Crippen LogP contribution in [0.3, 0.4) is 0 Å². The molecule has 4 amide bonds. The zero-order valence-electron chi connectivity index (χ0n) is 17.8. The van der Waals surface area contributed by atoms with Gasteiger partial charge in [-0.1, -0.05) is 44.2 Å². The summed E-state index contributed by atoms with van der Waals surface area (Å²) < 4.78 is 5.10. The van der Waals surface area contributed by atoms with Crippen molar-refractivity contribution in [3.8, 4) is 0 Å². The van der Waals surface area contributed by atoms with Crippen LogP contribution in [-0.4, -0.2) is 47.1 Å². The molecule has 1 aromatic carbocycles. The van der Waals surface area contributed by atoms with Crippen molar-refractivity contribution in [1.82, 2.24) is 15.8 Å². The van der Waals surface area contributed by atoms with Crippen LogP contribution in [-0.2, 0) is 23.9 Å². The largest absolute Gasteiger partial charge is 0.454 e. The molecule has 168 valence electrons. The molecule has 1 saturated heterocycles. The van der Waals surface area contributed by atoms with E-state index in [4.69, 9.17) is 4.74 Å². The zero-order chi connectivity index (χ0) is 23.0. The van der Waals surface area contributed by atoms with E-state index in [0.29, 0.717) is 5.56 Å². The van der Waals surface area contributed by atoms with E-state index in [1.807, 2.05) is 12.2 Å². The predicted octanol–water partition coefficient (Wildman–Crippen LogP) is 0.822. The summed E-state index contributed by atoms with van der Waals surface area (Å²) >= 11 is 0. The summed E-state index contributed by atoms with van der Waals surface area (Å²) in [5.41, 5.74) is 4.76. The number of allylic oxidation sites excluding steroid dienone is 2. The lowest BCUT2D eigenvalue weighted by atomic mass is 9.85. The normalized spacial score (nSPS) is 26.3. The van der Waals surface area contributed by atoms with Crippen molar-refractivity contribution in [1.29, 1.82) is 0 Å². The molecule has 32 heavy (non-hydrogen) atoms. The van der Waals surface area contributed by atoms with Gasteiger partial charge in [0.05, 0.1) is 11.8 Å². The van der Waals surface area contributed by atoms with Gasteiger partial charge >= 0.3 is 5.97 Å². The quantitative estimate of drug-likeness (QED) is 0.293. The lowest BCUT2D eigenvalue weighted by Gasteiger charge is -2.28. The van der Waals surface area contributed by atoms with E-state index in [1.54, 1.807) is 44.2 Å². The Balaban J connectivity index is 1.34. The first-order valence-corrected chi connectivity index (χ1v) is 10.7. The lowest BCUT2D eigenvalue weighted by molar-refractivity contribution is -0.162. The summed E-state index contributed by atoms with van der Waals surface area (Å²) in [6, 6.07) is 7.17. The highest BCUT2D eigenvalue weighted by Gasteiger charge is 2.61. The third kappa shape index (κ3) is 3.79. The minimum absolute atomic E-state index is 0.0364. The van der Waals surface area contributed by atoms with Gasteiger partial charge in [0.1, 0.15) is 6.04 Å². The topological polar surface area (TPSA) is 122 Å². The third-order valence-electron chi connectivity index (χ3n) is 6.35. The number of hydrogen-bond acceptors (Lipinski definition) is 6. The van der Waals surface area contributed by atoms with E-state index in [2.05, 4.69) is 10.9 Å². The van der Waals surface area contributed by atoms with Gasteiger partial charge in [0.25, 0.3) is 11.8 Å². The Morgan fingerprint density at radius 1 is 1.00 bits per heavy atom. The van der Waals surface area contributed by atoms with Crippen LogP contribution in [0, 0.1) is 29.6 Å². The van der Waals surface area contributed by atoms with Crippen molar-refractivity contribution in [3.05, 3.63) is 48.0 Å². The van der Waals surface area contributed by atoms with E-state index in [9.17, 15) is 24.0 Å². The molecule has 0 unspecified atom stereocenters. The number of nitrogens with zero attached hydrogens (tertiary/aromatic N) is 1. The highest BCUT2D eigenvalue weighted by atomic mass is 16.5. The molecule has 1 heterocycles. The number of carbonyl (C=O) groups is 5. The molecule has 2 aliphatic carbocycles. The molecule has 1 aliphatic heterocycles. The van der Waals surface area contributed by atoms with E-state index < -0.39 is 42.3 Å². The molecular weight excluding hydrogens is 414 g/mol. The Labute approximate surface area is 185 Å². The number of carbonyl (C=O) groups excluding carboxylic acids is 5. The minimum Gasteiger partial charge on any atom is -0.454 e. The number of rotatable bonds is 6. The second-order valence-corrected chi connectivity index (χ2v) is 8.71. The van der Waals surface area contributed by atoms with Gasteiger partial charge in [-0.2, -0.15) is 0 Å². The molecule has 1 aromatic rings. The van der Waals surface area contributed by atoms with Crippen LogP contribution < -0.4 is 10.9 Å². The summed E-state index contributed by atoms with van der Waals surface area (Å²) in [5, 5.41) is 0. The average Bonchev–Trinajstić information content (AvgIpc) is 3.46. The van der Waals surface area contributed by atoms with Crippen LogP contribution in [0.25, 0.3) is 0 Å². The van der Waals surface area contributed by atoms with E-state index in [-0.39, 0.29) is 29.6 Å². The van der Waals surface area contributed by atoms with Crippen LogP contribution >= 0.6 is 0 Å². The van der Waals surface area contributed by atoms with Gasteiger partial charge in [0, 0.05) is 5.56 Å². The monoisotopic (exact) mass is 439 g/mol. The first-order chi connectivity index (χ1) is 15.3. The Kier molecular flexibility index (Phi) is 5.82. The number of imide groups is 1. The maximum Gasteiger partial charge on any atom is 0.330 e. The van der Waals surface area contributed by atoms with Gasteiger partial charge in [-0.05, 0) is 36.3 Å². The Bertz CT molecular complexity index is 959. The van der Waals surface area contributed by atoms with Crippen molar-refractivity contribution < 1.29 is 28.7 Å². The number of likely N-dealkylation sites (tertiary alicyclic amines) is 1. The van der Waals surface area contributed by atoms with Gasteiger partial charge in [-0.25, -0.2) is 4.79 Å². The number of fused-ring (bicyclic) bond motifs is 5. The predicted molar refractivity (Wildman–Crippen MR) is 111 cm³/mol. The van der Waals surface area contributed by atoms with Crippen molar-refractivity contribution >= 4 is 29.6 Å². The highest BCUT2D eigenvalue weighted by Crippen LogP contribution is 2.53. The summed E-state index contributed by atoms with van der Waals surface area (Å²) in [5.74, 6) is -3.92. The molecular formula is C23H25N3O6. The fourth-order valence-corrected chi connectivity index (χ4v) is 4.92. The SMILES string of the molecule is CC(C)[C@H](C(=O)OCC(=O)NNC(=O)c1ccccc1)N1C(=O)[C@H]2[C@H](C1=O)[C@H]1C=C[C@H]2C1. The Morgan fingerprint density at radius 3 is 2.16 bits per heavy atom. The Morgan fingerprint density at radius 2 is 1.59 bits per heavy atom. The fourth-order valence-electron chi connectivity index (χ4n) is 4.92. The van der Waals surface area contributed by atoms with Crippen molar-refractivity contribution in [2.75, 3.05) is 6.61 Å². The van der Waals surface area contributed by atoms with Crippen LogP contribution in [0.2, 0.25) is 0 Å². The number of hydrazine groups is 1. The molecule has 3 aliphatic rings. The second kappa shape index (κ2) is 8.57. The number of hydrogen-bond donors (Lipinski definition) is 2. The fraction of sp³-hybridized carbons (Fsp3) is 0.435. The molecule has 0 radical (unpaired) electrons. The molecule has 5 atom stereocenters. The lowest BCUT2D eigenvalue weighted by Crippen LogP contribution is -2.50. The molecule has 2 bridgehead atoms. The van der Waals surface area contributed by atoms with E-state index in [1.165, 1.54) is 0 Å². The third-order valence-corrected chi connectivity index (χ3v) is 6.35. The van der Waals surface area contributed by atoms with Gasteiger partial charge in [0.2, 0.25) is 11.8 Å². The first kappa shape index (κ1) is 21.7. The molecule has 0 aromatic heterocycles. The number of esters is 1. The van der Waals surface area contributed by atoms with Crippen LogP contribution in [0.5, 0.6) is 0 Å². The molecule has 4 rings (SSSR count). The van der Waals surface area contributed by atoms with Crippen LogP contribution in [0.15, 0.2) is 42.5 Å². The number of amides is 4. The van der Waals surface area contributed by atoms with Gasteiger partial charge < -0.3 is 4.74 Å². The highest BCUT2D eigenvalue weighted by molar-refractivity contribution is 6.09. The van der Waals surface area contributed by atoms with E-state index >= 15 is 0 Å². The standard InChI is InChI=1S/C23H25N3O6/c1-12(2)19(26-21(29)17-14-8-9-15(10-14)18(17)22(26)30)23(31)32-11-16(27)24-25-20(28)13-6-4-3-5-7-13/h3-9,12,14-15,17-19H,10-11H2,1-2H3,(H,24,27)(H,25,28)/t14-,15-,17+,18+,19+/m0/s1. The van der Waals surface area contributed by atoms with Gasteiger partial charge in [-0.3, -0.25) is 34.9 Å². The van der Waals surface area contributed by atoms with Crippen LogP contribution in [0.4, 0.5) is 0 Å². The maximum atomic E-state index is 13.0. The maximum absolute atomic E-state index is 13.0. The zero-order valence-corrected chi connectivity index (χ0v) is 17.8. The summed E-state index contributed by atoms with van der Waals surface area (Å²) in [7, 11) is 0. The van der Waals surface area contributed by atoms with E-state index in [0.717, 1.165) is 11.3 Å². The molecule has 9 nitrogen and oxygen atoms in total. The number of benzene rings is 1.